The van der Waals surface area contributed by atoms with Crippen LogP contribution in [0.2, 0.25) is 0 Å². The molecule has 6 heteroatoms. The fraction of sp³-hybridized carbons (Fsp3) is 0.902. The van der Waals surface area contributed by atoms with Crippen LogP contribution in [0.5, 0.6) is 0 Å². The molecule has 0 N–H and O–H groups in total. The molecule has 0 saturated heterocycles. The molecule has 1 atom stereocenters. The predicted molar refractivity (Wildman–Crippen MR) is 243 cm³/mol. The maximum atomic E-state index is 12.8. The molecule has 0 aliphatic carbocycles. The lowest BCUT2D eigenvalue weighted by atomic mass is 10.0. The number of hydrogen-bond donors (Lipinski definition) is 0. The summed E-state index contributed by atoms with van der Waals surface area (Å²) in [5.41, 5.74) is 0. The summed E-state index contributed by atoms with van der Waals surface area (Å²) in [6, 6.07) is 0. The van der Waals surface area contributed by atoms with E-state index in [1.165, 1.54) is 173 Å². The van der Waals surface area contributed by atoms with Crippen molar-refractivity contribution in [2.24, 2.45) is 0 Å². The number of allylic oxidation sites excluding steroid dienone is 2. The Kier molecular flexibility index (Phi) is 45.3. The van der Waals surface area contributed by atoms with Crippen molar-refractivity contribution < 1.29 is 28.6 Å². The molecule has 0 heterocycles. The lowest BCUT2D eigenvalue weighted by molar-refractivity contribution is -0.167. The van der Waals surface area contributed by atoms with Crippen molar-refractivity contribution in [3.63, 3.8) is 0 Å². The summed E-state index contributed by atoms with van der Waals surface area (Å²) < 4.78 is 16.8. The zero-order chi connectivity index (χ0) is 41.5. The van der Waals surface area contributed by atoms with Gasteiger partial charge in [0.1, 0.15) is 13.2 Å². The Morgan fingerprint density at radius 2 is 0.579 bits per heavy atom. The minimum Gasteiger partial charge on any atom is -0.462 e. The topological polar surface area (TPSA) is 78.9 Å². The van der Waals surface area contributed by atoms with E-state index in [0.29, 0.717) is 19.3 Å². The molecule has 0 fully saturated rings. The zero-order valence-corrected chi connectivity index (χ0v) is 38.4. The van der Waals surface area contributed by atoms with Crippen molar-refractivity contribution in [2.75, 3.05) is 13.2 Å². The van der Waals surface area contributed by atoms with Gasteiger partial charge in [0.25, 0.3) is 0 Å². The minimum absolute atomic E-state index is 0.0674. The summed E-state index contributed by atoms with van der Waals surface area (Å²) in [6.45, 7) is 6.64. The van der Waals surface area contributed by atoms with Crippen LogP contribution in [-0.4, -0.2) is 37.2 Å². The Hall–Kier alpha value is -1.85. The fourth-order valence-electron chi connectivity index (χ4n) is 7.44. The highest BCUT2D eigenvalue weighted by atomic mass is 16.6. The lowest BCUT2D eigenvalue weighted by Crippen LogP contribution is -2.30. The average Bonchev–Trinajstić information content (AvgIpc) is 3.21. The molecule has 0 radical (unpaired) electrons. The molecule has 0 saturated carbocycles. The normalized spacial score (nSPS) is 12.0. The highest BCUT2D eigenvalue weighted by molar-refractivity contribution is 5.71. The molecular formula is C51H96O6. The van der Waals surface area contributed by atoms with Gasteiger partial charge in [0.15, 0.2) is 6.10 Å². The van der Waals surface area contributed by atoms with Crippen molar-refractivity contribution in [1.82, 2.24) is 0 Å². The third-order valence-corrected chi connectivity index (χ3v) is 11.3. The van der Waals surface area contributed by atoms with Gasteiger partial charge in [0.2, 0.25) is 0 Å². The largest absolute Gasteiger partial charge is 0.462 e. The predicted octanol–water partition coefficient (Wildman–Crippen LogP) is 16.2. The third kappa shape index (κ3) is 45.1. The molecule has 0 rings (SSSR count). The van der Waals surface area contributed by atoms with Crippen molar-refractivity contribution in [2.45, 2.75) is 284 Å². The number of carbonyl (C=O) groups excluding carboxylic acids is 3. The maximum Gasteiger partial charge on any atom is 0.306 e. The van der Waals surface area contributed by atoms with Crippen LogP contribution in [0.25, 0.3) is 0 Å². The Labute approximate surface area is 354 Å². The quantitative estimate of drug-likeness (QED) is 0.0264. The van der Waals surface area contributed by atoms with Crippen LogP contribution in [0, 0.1) is 0 Å². The van der Waals surface area contributed by atoms with Gasteiger partial charge < -0.3 is 14.2 Å². The van der Waals surface area contributed by atoms with Crippen LogP contribution in [0.3, 0.4) is 0 Å². The summed E-state index contributed by atoms with van der Waals surface area (Å²) >= 11 is 0. The smallest absolute Gasteiger partial charge is 0.306 e. The highest BCUT2D eigenvalue weighted by Gasteiger charge is 2.19. The van der Waals surface area contributed by atoms with E-state index < -0.39 is 6.10 Å². The number of unbranched alkanes of at least 4 members (excludes halogenated alkanes) is 33. The van der Waals surface area contributed by atoms with E-state index in [9.17, 15) is 14.4 Å². The van der Waals surface area contributed by atoms with E-state index in [2.05, 4.69) is 32.9 Å². The number of ether oxygens (including phenoxy) is 3. The lowest BCUT2D eigenvalue weighted by Gasteiger charge is -2.18. The van der Waals surface area contributed by atoms with Gasteiger partial charge in [-0.2, -0.15) is 0 Å². The third-order valence-electron chi connectivity index (χ3n) is 11.3. The number of hydrogen-bond acceptors (Lipinski definition) is 6. The van der Waals surface area contributed by atoms with E-state index in [0.717, 1.165) is 64.2 Å². The zero-order valence-electron chi connectivity index (χ0n) is 38.4. The molecule has 0 unspecified atom stereocenters. The molecule has 0 spiro atoms. The van der Waals surface area contributed by atoms with Crippen molar-refractivity contribution >= 4 is 17.9 Å². The monoisotopic (exact) mass is 805 g/mol. The number of rotatable bonds is 46. The van der Waals surface area contributed by atoms with Crippen molar-refractivity contribution in [1.29, 1.82) is 0 Å². The molecule has 0 amide bonds. The Balaban J connectivity index is 4.34. The molecule has 0 aliphatic rings. The van der Waals surface area contributed by atoms with E-state index >= 15 is 0 Å². The fourth-order valence-corrected chi connectivity index (χ4v) is 7.44. The minimum atomic E-state index is -0.765. The van der Waals surface area contributed by atoms with Gasteiger partial charge in [-0.3, -0.25) is 14.4 Å². The van der Waals surface area contributed by atoms with Crippen LogP contribution >= 0.6 is 0 Å². The van der Waals surface area contributed by atoms with Gasteiger partial charge in [-0.05, 0) is 44.9 Å². The first-order chi connectivity index (χ1) is 28.0. The van der Waals surface area contributed by atoms with Crippen LogP contribution in [0.1, 0.15) is 278 Å². The summed E-state index contributed by atoms with van der Waals surface area (Å²) in [5, 5.41) is 0. The van der Waals surface area contributed by atoms with Crippen LogP contribution in [0.4, 0.5) is 0 Å². The average molecular weight is 805 g/mol. The maximum absolute atomic E-state index is 12.8. The first-order valence-electron chi connectivity index (χ1n) is 25.2. The summed E-state index contributed by atoms with van der Waals surface area (Å²) in [6.07, 6.45) is 50.4. The van der Waals surface area contributed by atoms with Crippen molar-refractivity contribution in [3.8, 4) is 0 Å². The summed E-state index contributed by atoms with van der Waals surface area (Å²) in [4.78, 5) is 37.9. The molecule has 57 heavy (non-hydrogen) atoms. The van der Waals surface area contributed by atoms with Crippen LogP contribution in [0.15, 0.2) is 12.2 Å². The first kappa shape index (κ1) is 55.2. The Morgan fingerprint density at radius 1 is 0.333 bits per heavy atom. The molecule has 0 aromatic carbocycles. The van der Waals surface area contributed by atoms with Crippen LogP contribution < -0.4 is 0 Å². The van der Waals surface area contributed by atoms with Crippen LogP contribution in [-0.2, 0) is 28.6 Å². The van der Waals surface area contributed by atoms with Gasteiger partial charge in [-0.25, -0.2) is 0 Å². The second kappa shape index (κ2) is 46.8. The summed E-state index contributed by atoms with van der Waals surface area (Å²) in [5.74, 6) is -0.862. The van der Waals surface area contributed by atoms with Gasteiger partial charge in [-0.1, -0.05) is 226 Å². The molecule has 0 aliphatic heterocycles. The van der Waals surface area contributed by atoms with E-state index in [4.69, 9.17) is 14.2 Å². The van der Waals surface area contributed by atoms with E-state index in [-0.39, 0.29) is 31.1 Å². The Bertz CT molecular complexity index is 885. The second-order valence-electron chi connectivity index (χ2n) is 17.1. The molecule has 0 bridgehead atoms. The molecule has 0 aromatic heterocycles. The molecular weight excluding hydrogens is 709 g/mol. The van der Waals surface area contributed by atoms with Gasteiger partial charge >= 0.3 is 17.9 Å². The van der Waals surface area contributed by atoms with E-state index in [1.54, 1.807) is 0 Å². The molecule has 0 aromatic rings. The van der Waals surface area contributed by atoms with Crippen molar-refractivity contribution in [3.05, 3.63) is 12.2 Å². The Morgan fingerprint density at radius 3 is 0.895 bits per heavy atom. The van der Waals surface area contributed by atoms with Gasteiger partial charge in [-0.15, -0.1) is 0 Å². The molecule has 6 nitrogen and oxygen atoms in total. The van der Waals surface area contributed by atoms with Gasteiger partial charge in [0.05, 0.1) is 0 Å². The van der Waals surface area contributed by atoms with E-state index in [1.807, 2.05) is 0 Å². The number of esters is 3. The molecule has 336 valence electrons. The highest BCUT2D eigenvalue weighted by Crippen LogP contribution is 2.16. The standard InChI is InChI=1S/C51H96O6/c1-4-7-10-13-16-19-22-25-28-31-34-37-40-43-49(52)55-46-48(57-51(54)45-42-39-36-33-30-27-24-21-18-15-12-9-6-3)47-56-50(53)44-41-38-35-32-29-26-23-20-17-14-11-8-5-2/h19,22,48H,4-18,20-21,23-47H2,1-3H3/b22-19+/t48-/m0/s1. The van der Waals surface area contributed by atoms with Gasteiger partial charge in [0, 0.05) is 19.3 Å². The summed E-state index contributed by atoms with van der Waals surface area (Å²) in [7, 11) is 0. The first-order valence-corrected chi connectivity index (χ1v) is 25.2. The SMILES string of the molecule is CCCCCC/C=C/CCCCCCCC(=O)OC[C@@H](COC(=O)CCCCCCCCCCCCCCC)OC(=O)CCCCCCCCCCCCCCC. The number of carbonyl (C=O) groups is 3. The second-order valence-corrected chi connectivity index (χ2v) is 17.1.